The van der Waals surface area contributed by atoms with E-state index in [9.17, 15) is 4.79 Å². The first kappa shape index (κ1) is 15.3. The molecule has 1 aromatic carbocycles. The molecule has 1 unspecified atom stereocenters. The van der Waals surface area contributed by atoms with E-state index in [-0.39, 0.29) is 11.8 Å². The van der Waals surface area contributed by atoms with Gasteiger partial charge in [-0.2, -0.15) is 0 Å². The van der Waals surface area contributed by atoms with Gasteiger partial charge in [-0.05, 0) is 37.1 Å². The third-order valence-electron chi connectivity index (χ3n) is 3.08. The zero-order chi connectivity index (χ0) is 14.4. The van der Waals surface area contributed by atoms with Gasteiger partial charge in [-0.25, -0.2) is 0 Å². The standard InChI is InChI=1S/C14H17NO2.C2H6/c1-4-6-11-12-9-10(17-5-2)7-8-13(12)15(3)14(11)16;1-2/h4,7-9,11H,1,5-6H2,2-3H3;1-2H3. The lowest BCUT2D eigenvalue weighted by molar-refractivity contribution is -0.118. The zero-order valence-electron chi connectivity index (χ0n) is 12.3. The Hall–Kier alpha value is -1.77. The largest absolute Gasteiger partial charge is 0.494 e. The summed E-state index contributed by atoms with van der Waals surface area (Å²) in [6.07, 6.45) is 2.46. The molecular formula is C16H23NO2. The smallest absolute Gasteiger partial charge is 0.234 e. The Balaban J connectivity index is 0.000000861. The van der Waals surface area contributed by atoms with Crippen molar-refractivity contribution in [3.05, 3.63) is 36.4 Å². The monoisotopic (exact) mass is 261 g/mol. The third kappa shape index (κ3) is 2.98. The summed E-state index contributed by atoms with van der Waals surface area (Å²) in [5, 5.41) is 0. The Morgan fingerprint density at radius 2 is 2.11 bits per heavy atom. The molecule has 104 valence electrons. The summed E-state index contributed by atoms with van der Waals surface area (Å²) in [5.74, 6) is 0.852. The van der Waals surface area contributed by atoms with Gasteiger partial charge in [0, 0.05) is 12.7 Å². The van der Waals surface area contributed by atoms with Crippen LogP contribution in [0.5, 0.6) is 5.75 Å². The molecule has 3 nitrogen and oxygen atoms in total. The van der Waals surface area contributed by atoms with E-state index in [1.54, 1.807) is 11.0 Å². The summed E-state index contributed by atoms with van der Waals surface area (Å²) < 4.78 is 5.47. The molecular weight excluding hydrogens is 238 g/mol. The molecule has 0 radical (unpaired) electrons. The summed E-state index contributed by atoms with van der Waals surface area (Å²) >= 11 is 0. The van der Waals surface area contributed by atoms with Gasteiger partial charge in [0.2, 0.25) is 5.91 Å². The molecule has 1 aliphatic rings. The van der Waals surface area contributed by atoms with Crippen molar-refractivity contribution in [3.63, 3.8) is 0 Å². The fourth-order valence-corrected chi connectivity index (χ4v) is 2.25. The van der Waals surface area contributed by atoms with Gasteiger partial charge in [-0.3, -0.25) is 4.79 Å². The molecule has 0 aromatic heterocycles. The Labute approximate surface area is 115 Å². The molecule has 1 heterocycles. The SMILES string of the molecule is C=CCC1C(=O)N(C)c2ccc(OCC)cc21.CC. The minimum absolute atomic E-state index is 0.104. The van der Waals surface area contributed by atoms with E-state index in [4.69, 9.17) is 4.74 Å². The fourth-order valence-electron chi connectivity index (χ4n) is 2.25. The number of rotatable bonds is 4. The number of carbonyl (C=O) groups is 1. The fraction of sp³-hybridized carbons (Fsp3) is 0.438. The number of amides is 1. The Morgan fingerprint density at radius 1 is 1.42 bits per heavy atom. The van der Waals surface area contributed by atoms with Crippen molar-refractivity contribution < 1.29 is 9.53 Å². The number of anilines is 1. The first-order valence-corrected chi connectivity index (χ1v) is 6.84. The first-order chi connectivity index (χ1) is 9.19. The summed E-state index contributed by atoms with van der Waals surface area (Å²) in [5.41, 5.74) is 2.02. The van der Waals surface area contributed by atoms with Crippen LogP contribution in [0.4, 0.5) is 5.69 Å². The van der Waals surface area contributed by atoms with E-state index in [0.29, 0.717) is 13.0 Å². The molecule has 19 heavy (non-hydrogen) atoms. The van der Waals surface area contributed by atoms with Crippen LogP contribution in [-0.2, 0) is 4.79 Å². The van der Waals surface area contributed by atoms with Crippen molar-refractivity contribution in [2.45, 2.75) is 33.1 Å². The van der Waals surface area contributed by atoms with Crippen molar-refractivity contribution in [2.24, 2.45) is 0 Å². The van der Waals surface area contributed by atoms with Crippen molar-refractivity contribution in [1.82, 2.24) is 0 Å². The summed E-state index contributed by atoms with van der Waals surface area (Å²) in [6, 6.07) is 5.82. The van der Waals surface area contributed by atoms with Gasteiger partial charge >= 0.3 is 0 Å². The molecule has 3 heteroatoms. The maximum atomic E-state index is 12.1. The number of nitrogens with zero attached hydrogens (tertiary/aromatic N) is 1. The van der Waals surface area contributed by atoms with Gasteiger partial charge in [0.25, 0.3) is 0 Å². The molecule has 1 atom stereocenters. The zero-order valence-corrected chi connectivity index (χ0v) is 12.3. The molecule has 0 spiro atoms. The minimum Gasteiger partial charge on any atom is -0.494 e. The van der Waals surface area contributed by atoms with E-state index in [0.717, 1.165) is 17.0 Å². The van der Waals surface area contributed by atoms with Gasteiger partial charge in [0.05, 0.1) is 12.5 Å². The van der Waals surface area contributed by atoms with Gasteiger partial charge in [0.15, 0.2) is 0 Å². The molecule has 0 saturated carbocycles. The van der Waals surface area contributed by atoms with Crippen LogP contribution < -0.4 is 9.64 Å². The van der Waals surface area contributed by atoms with Gasteiger partial charge in [-0.15, -0.1) is 6.58 Å². The van der Waals surface area contributed by atoms with Crippen LogP contribution in [0, 0.1) is 0 Å². The number of carbonyl (C=O) groups excluding carboxylic acids is 1. The Kier molecular flexibility index (Phi) is 5.61. The van der Waals surface area contributed by atoms with Crippen LogP contribution in [-0.4, -0.2) is 19.6 Å². The normalized spacial score (nSPS) is 16.5. The highest BCUT2D eigenvalue weighted by Gasteiger charge is 2.34. The molecule has 0 bridgehead atoms. The molecule has 2 rings (SSSR count). The average Bonchev–Trinajstić information content (AvgIpc) is 2.67. The highest BCUT2D eigenvalue weighted by molar-refractivity contribution is 6.04. The highest BCUT2D eigenvalue weighted by atomic mass is 16.5. The van der Waals surface area contributed by atoms with E-state index >= 15 is 0 Å². The molecule has 0 N–H and O–H groups in total. The van der Waals surface area contributed by atoms with Crippen LogP contribution >= 0.6 is 0 Å². The predicted octanol–water partition coefficient (Wildman–Crippen LogP) is 3.75. The Morgan fingerprint density at radius 3 is 2.68 bits per heavy atom. The van der Waals surface area contributed by atoms with Crippen LogP contribution in [0.2, 0.25) is 0 Å². The second kappa shape index (κ2) is 6.98. The number of hydrogen-bond donors (Lipinski definition) is 0. The maximum absolute atomic E-state index is 12.1. The van der Waals surface area contributed by atoms with Gasteiger partial charge in [0.1, 0.15) is 5.75 Å². The average molecular weight is 261 g/mol. The summed E-state index contributed by atoms with van der Waals surface area (Å²) in [7, 11) is 1.81. The van der Waals surface area contributed by atoms with E-state index in [1.165, 1.54) is 0 Å². The van der Waals surface area contributed by atoms with Crippen LogP contribution in [0.3, 0.4) is 0 Å². The minimum atomic E-state index is -0.104. The predicted molar refractivity (Wildman–Crippen MR) is 79.9 cm³/mol. The van der Waals surface area contributed by atoms with E-state index in [2.05, 4.69) is 6.58 Å². The van der Waals surface area contributed by atoms with Gasteiger partial charge in [-0.1, -0.05) is 19.9 Å². The molecule has 0 saturated heterocycles. The lowest BCUT2D eigenvalue weighted by Crippen LogP contribution is -2.23. The molecule has 0 aliphatic carbocycles. The second-order valence-electron chi connectivity index (χ2n) is 4.13. The molecule has 1 aromatic rings. The number of ether oxygens (including phenoxy) is 1. The second-order valence-corrected chi connectivity index (χ2v) is 4.13. The van der Waals surface area contributed by atoms with E-state index < -0.39 is 0 Å². The summed E-state index contributed by atoms with van der Waals surface area (Å²) in [4.78, 5) is 13.8. The topological polar surface area (TPSA) is 29.5 Å². The van der Waals surface area contributed by atoms with Crippen LogP contribution in [0.15, 0.2) is 30.9 Å². The summed E-state index contributed by atoms with van der Waals surface area (Å²) in [6.45, 7) is 10.3. The van der Waals surface area contributed by atoms with Crippen molar-refractivity contribution in [2.75, 3.05) is 18.6 Å². The van der Waals surface area contributed by atoms with Crippen molar-refractivity contribution in [3.8, 4) is 5.75 Å². The van der Waals surface area contributed by atoms with Gasteiger partial charge < -0.3 is 9.64 Å². The molecule has 0 fully saturated rings. The number of allylic oxidation sites excluding steroid dienone is 1. The molecule has 1 aliphatic heterocycles. The Bertz CT molecular complexity index is 454. The number of benzene rings is 1. The van der Waals surface area contributed by atoms with Crippen molar-refractivity contribution in [1.29, 1.82) is 0 Å². The number of hydrogen-bond acceptors (Lipinski definition) is 2. The maximum Gasteiger partial charge on any atom is 0.234 e. The quantitative estimate of drug-likeness (QED) is 0.773. The van der Waals surface area contributed by atoms with E-state index in [1.807, 2.05) is 46.0 Å². The van der Waals surface area contributed by atoms with Crippen LogP contribution in [0.1, 0.15) is 38.7 Å². The highest BCUT2D eigenvalue weighted by Crippen LogP contribution is 2.40. The first-order valence-electron chi connectivity index (χ1n) is 6.84. The number of likely N-dealkylation sites (N-methyl/N-ethyl adjacent to an activating group) is 1. The van der Waals surface area contributed by atoms with Crippen LogP contribution in [0.25, 0.3) is 0 Å². The van der Waals surface area contributed by atoms with Crippen molar-refractivity contribution >= 4 is 11.6 Å². The molecule has 1 amide bonds. The lowest BCUT2D eigenvalue weighted by atomic mass is 9.97. The third-order valence-corrected chi connectivity index (χ3v) is 3.08. The lowest BCUT2D eigenvalue weighted by Gasteiger charge is -2.10. The number of fused-ring (bicyclic) bond motifs is 1.